The Kier molecular flexibility index (Phi) is 8.39. The summed E-state index contributed by atoms with van der Waals surface area (Å²) in [6, 6.07) is 8.50. The normalized spacial score (nSPS) is 37.2. The summed E-state index contributed by atoms with van der Waals surface area (Å²) in [5, 5.41) is 81.6. The number of Topliss-reactive ketones (excluding diaryl/α,β-unsaturated/α-hetero) is 1. The van der Waals surface area contributed by atoms with Gasteiger partial charge in [0.15, 0.2) is 18.2 Å². The first-order valence-corrected chi connectivity index (χ1v) is 13.0. The lowest BCUT2D eigenvalue weighted by Crippen LogP contribution is -2.64. The van der Waals surface area contributed by atoms with Gasteiger partial charge in [-0.25, -0.2) is 0 Å². The minimum Gasteiger partial charge on any atom is -0.508 e. The molecule has 41 heavy (non-hydrogen) atoms. The lowest BCUT2D eigenvalue weighted by molar-refractivity contribution is -0.354. The third-order valence-corrected chi connectivity index (χ3v) is 7.42. The van der Waals surface area contributed by atoms with Gasteiger partial charge in [0.25, 0.3) is 0 Å². The van der Waals surface area contributed by atoms with Crippen molar-refractivity contribution in [2.45, 2.75) is 80.9 Å². The molecule has 0 spiro atoms. The van der Waals surface area contributed by atoms with Gasteiger partial charge in [-0.05, 0) is 24.6 Å². The summed E-state index contributed by atoms with van der Waals surface area (Å²) < 4.78 is 28.6. The fourth-order valence-corrected chi connectivity index (χ4v) is 5.07. The van der Waals surface area contributed by atoms with E-state index >= 15 is 0 Å². The third-order valence-electron chi connectivity index (χ3n) is 7.42. The monoisotopic (exact) mass is 580 g/mol. The number of ether oxygens (including phenoxy) is 5. The Bertz CT molecular complexity index is 1240. The van der Waals surface area contributed by atoms with Crippen molar-refractivity contribution in [2.24, 2.45) is 0 Å². The number of hydrogen-bond acceptors (Lipinski definition) is 14. The molecule has 14 heteroatoms. The predicted molar refractivity (Wildman–Crippen MR) is 134 cm³/mol. The van der Waals surface area contributed by atoms with Crippen LogP contribution in [0, 0.1) is 0 Å². The highest BCUT2D eigenvalue weighted by Gasteiger charge is 2.51. The fourth-order valence-electron chi connectivity index (χ4n) is 5.07. The fraction of sp³-hybridized carbons (Fsp3) is 0.519. The molecule has 0 amide bonds. The van der Waals surface area contributed by atoms with Crippen molar-refractivity contribution in [3.63, 3.8) is 0 Å². The zero-order valence-corrected chi connectivity index (χ0v) is 21.8. The van der Waals surface area contributed by atoms with Crippen LogP contribution in [0.3, 0.4) is 0 Å². The van der Waals surface area contributed by atoms with Gasteiger partial charge < -0.3 is 64.5 Å². The standard InChI is InChI=1S/C27H32O14/c1-10-20(32)22(34)24(36)26(37-10)41-25-23(35)21(33)18(9-28)40-27(25)38-13-6-14(30)19-15(31)8-16(39-17(19)7-13)11-2-4-12(29)5-3-11/h2-7,10,16,18,20-30,32-36H,8-9H2,1H3/t10-,16-,18+,20-,21+,22+,23-,24-,25-,26-,27+/m0/s1. The summed E-state index contributed by atoms with van der Waals surface area (Å²) in [6.45, 7) is 0.716. The van der Waals surface area contributed by atoms with E-state index in [0.717, 1.165) is 6.07 Å². The molecule has 3 aliphatic rings. The Morgan fingerprint density at radius 1 is 0.878 bits per heavy atom. The van der Waals surface area contributed by atoms with Crippen LogP contribution in [0.5, 0.6) is 23.0 Å². The number of ketones is 1. The number of carbonyl (C=O) groups excluding carboxylic acids is 1. The quantitative estimate of drug-likeness (QED) is 0.202. The largest absolute Gasteiger partial charge is 0.508 e. The minimum absolute atomic E-state index is 0.0149. The molecular weight excluding hydrogens is 548 g/mol. The number of carbonyl (C=O) groups is 1. The molecule has 0 radical (unpaired) electrons. The van der Waals surface area contributed by atoms with E-state index in [0.29, 0.717) is 5.56 Å². The highest BCUT2D eigenvalue weighted by molar-refractivity contribution is 6.02. The molecule has 3 heterocycles. The summed E-state index contributed by atoms with van der Waals surface area (Å²) in [5.74, 6) is -0.947. The van der Waals surface area contributed by atoms with Crippen LogP contribution in [0.4, 0.5) is 0 Å². The van der Waals surface area contributed by atoms with Crippen LogP contribution in [-0.2, 0) is 14.2 Å². The molecule has 3 aliphatic heterocycles. The number of fused-ring (bicyclic) bond motifs is 1. The summed E-state index contributed by atoms with van der Waals surface area (Å²) >= 11 is 0. The van der Waals surface area contributed by atoms with E-state index in [2.05, 4.69) is 0 Å². The van der Waals surface area contributed by atoms with E-state index in [9.17, 15) is 45.6 Å². The van der Waals surface area contributed by atoms with Crippen LogP contribution in [0.2, 0.25) is 0 Å². The minimum atomic E-state index is -1.75. The smallest absolute Gasteiger partial charge is 0.229 e. The van der Waals surface area contributed by atoms with Gasteiger partial charge in [-0.15, -0.1) is 0 Å². The number of aromatic hydroxyl groups is 2. The zero-order chi connectivity index (χ0) is 29.6. The second-order valence-electron chi connectivity index (χ2n) is 10.2. The second kappa shape index (κ2) is 11.7. The van der Waals surface area contributed by atoms with Crippen LogP contribution in [-0.4, -0.2) is 115 Å². The summed E-state index contributed by atoms with van der Waals surface area (Å²) in [5.41, 5.74) is 0.529. The Labute approximate surface area is 233 Å². The van der Waals surface area contributed by atoms with Crippen molar-refractivity contribution < 1.29 is 69.3 Å². The first-order chi connectivity index (χ1) is 19.5. The summed E-state index contributed by atoms with van der Waals surface area (Å²) in [7, 11) is 0. The maximum Gasteiger partial charge on any atom is 0.229 e. The van der Waals surface area contributed by atoms with E-state index in [1.165, 1.54) is 25.1 Å². The molecular formula is C27H32O14. The van der Waals surface area contributed by atoms with Gasteiger partial charge in [0.2, 0.25) is 6.29 Å². The van der Waals surface area contributed by atoms with E-state index in [4.69, 9.17) is 23.7 Å². The number of phenols is 2. The van der Waals surface area contributed by atoms with Crippen LogP contribution in [0.15, 0.2) is 36.4 Å². The highest BCUT2D eigenvalue weighted by Crippen LogP contribution is 2.43. The maximum absolute atomic E-state index is 12.9. The average molecular weight is 581 g/mol. The lowest BCUT2D eigenvalue weighted by atomic mass is 9.95. The Balaban J connectivity index is 1.41. The SMILES string of the molecule is C[C@@H]1O[C@@H](O[C@@H]2[C@H](Oc3cc(O)c4c(c3)O[C@H](c3ccc(O)cc3)CC4=O)O[C@H](CO)[C@@H](O)[C@@H]2O)[C@@H](O)[C@H](O)[C@H]1O. The van der Waals surface area contributed by atoms with Crippen molar-refractivity contribution in [2.75, 3.05) is 6.61 Å². The van der Waals surface area contributed by atoms with Crippen LogP contribution < -0.4 is 9.47 Å². The zero-order valence-electron chi connectivity index (χ0n) is 21.8. The predicted octanol–water partition coefficient (Wildman–Crippen LogP) is -1.17. The van der Waals surface area contributed by atoms with Gasteiger partial charge in [-0.2, -0.15) is 0 Å². The average Bonchev–Trinajstić information content (AvgIpc) is 2.94. The molecule has 5 rings (SSSR count). The Hall–Kier alpha value is -3.05. The molecule has 224 valence electrons. The number of phenolic OH excluding ortho intramolecular Hbond substituents is 2. The molecule has 0 saturated carbocycles. The lowest BCUT2D eigenvalue weighted by Gasteiger charge is -2.45. The number of aliphatic hydroxyl groups is 6. The summed E-state index contributed by atoms with van der Waals surface area (Å²) in [4.78, 5) is 12.9. The van der Waals surface area contributed by atoms with Crippen molar-refractivity contribution in [3.05, 3.63) is 47.5 Å². The van der Waals surface area contributed by atoms with Gasteiger partial charge in [-0.1, -0.05) is 12.1 Å². The highest BCUT2D eigenvalue weighted by atomic mass is 16.8. The van der Waals surface area contributed by atoms with E-state index in [-0.39, 0.29) is 29.2 Å². The number of rotatable bonds is 6. The molecule has 2 saturated heterocycles. The summed E-state index contributed by atoms with van der Waals surface area (Å²) in [6.07, 6.45) is -16.0. The molecule has 11 atom stereocenters. The van der Waals surface area contributed by atoms with Gasteiger partial charge in [0.05, 0.1) is 19.1 Å². The molecule has 0 aromatic heterocycles. The molecule has 2 aromatic carbocycles. The molecule has 14 nitrogen and oxygen atoms in total. The van der Waals surface area contributed by atoms with Gasteiger partial charge in [-0.3, -0.25) is 4.79 Å². The van der Waals surface area contributed by atoms with E-state index < -0.39 is 85.7 Å². The van der Waals surface area contributed by atoms with Crippen LogP contribution in [0.25, 0.3) is 0 Å². The maximum atomic E-state index is 12.9. The van der Waals surface area contributed by atoms with Gasteiger partial charge in [0.1, 0.15) is 71.3 Å². The first kappa shape index (κ1) is 29.4. The Morgan fingerprint density at radius 3 is 2.27 bits per heavy atom. The molecule has 2 aromatic rings. The second-order valence-corrected chi connectivity index (χ2v) is 10.2. The number of benzene rings is 2. The molecule has 0 unspecified atom stereocenters. The van der Waals surface area contributed by atoms with Crippen molar-refractivity contribution in [3.8, 4) is 23.0 Å². The number of aliphatic hydroxyl groups excluding tert-OH is 6. The molecule has 0 aliphatic carbocycles. The van der Waals surface area contributed by atoms with Crippen molar-refractivity contribution >= 4 is 5.78 Å². The van der Waals surface area contributed by atoms with Crippen LogP contribution >= 0.6 is 0 Å². The number of hydrogen-bond donors (Lipinski definition) is 8. The van der Waals surface area contributed by atoms with Gasteiger partial charge in [0, 0.05) is 12.1 Å². The van der Waals surface area contributed by atoms with Crippen molar-refractivity contribution in [1.82, 2.24) is 0 Å². The molecule has 0 bridgehead atoms. The van der Waals surface area contributed by atoms with Crippen molar-refractivity contribution in [1.29, 1.82) is 0 Å². The molecule has 2 fully saturated rings. The van der Waals surface area contributed by atoms with E-state index in [1.54, 1.807) is 12.1 Å². The Morgan fingerprint density at radius 2 is 1.59 bits per heavy atom. The third kappa shape index (κ3) is 5.70. The van der Waals surface area contributed by atoms with Gasteiger partial charge >= 0.3 is 0 Å². The van der Waals surface area contributed by atoms with E-state index in [1.807, 2.05) is 0 Å². The first-order valence-electron chi connectivity index (χ1n) is 13.0. The van der Waals surface area contributed by atoms with Crippen LogP contribution in [0.1, 0.15) is 35.4 Å². The molecule has 8 N–H and O–H groups in total. The topological polar surface area (TPSA) is 225 Å².